The number of aliphatic hydroxyl groups is 1. The molecule has 5 rings (SSSR count). The predicted octanol–water partition coefficient (Wildman–Crippen LogP) is 2.77. The van der Waals surface area contributed by atoms with Gasteiger partial charge in [0.1, 0.15) is 0 Å². The van der Waals surface area contributed by atoms with E-state index >= 15 is 0 Å². The first-order chi connectivity index (χ1) is 13.9. The molecule has 7 heteroatoms. The monoisotopic (exact) mass is 400 g/mol. The standard InChI is InChI=1S/C22H24O7/c1-10-6-11-7-13(25-3)17(26-4)20(24)22(11)15-12(19(23)21(10,22)2)8-14-16(18(15)27-5)29-9-28-14/h7-8,10,19,23H,6,9H2,1-5H3/t10-,19+,21-,22+/m1/s1. The van der Waals surface area contributed by atoms with Crippen LogP contribution in [0, 0.1) is 11.3 Å². The van der Waals surface area contributed by atoms with Crippen molar-refractivity contribution < 1.29 is 33.6 Å². The summed E-state index contributed by atoms with van der Waals surface area (Å²) in [5, 5.41) is 11.5. The molecule has 0 bridgehead atoms. The number of Topliss-reactive ketones (excluding diaryl/α,β-unsaturated/α-hetero) is 1. The van der Waals surface area contributed by atoms with Crippen molar-refractivity contribution in [2.24, 2.45) is 11.3 Å². The Bertz CT molecular complexity index is 1010. The number of fused-ring (bicyclic) bond motifs is 2. The molecule has 1 N–H and O–H groups in total. The van der Waals surface area contributed by atoms with E-state index in [-0.39, 0.29) is 24.3 Å². The van der Waals surface area contributed by atoms with E-state index in [9.17, 15) is 9.90 Å². The van der Waals surface area contributed by atoms with Crippen molar-refractivity contribution in [2.45, 2.75) is 31.8 Å². The van der Waals surface area contributed by atoms with Crippen LogP contribution in [0.1, 0.15) is 37.5 Å². The van der Waals surface area contributed by atoms with E-state index in [0.29, 0.717) is 40.6 Å². The van der Waals surface area contributed by atoms with Gasteiger partial charge in [-0.2, -0.15) is 0 Å². The zero-order valence-electron chi connectivity index (χ0n) is 17.1. The lowest BCUT2D eigenvalue weighted by atomic mass is 9.58. The first-order valence-corrected chi connectivity index (χ1v) is 9.64. The molecule has 1 heterocycles. The molecule has 3 aliphatic carbocycles. The number of rotatable bonds is 3. The fourth-order valence-corrected chi connectivity index (χ4v) is 5.99. The first kappa shape index (κ1) is 18.4. The third-order valence-electron chi connectivity index (χ3n) is 7.43. The fourth-order valence-electron chi connectivity index (χ4n) is 5.99. The average Bonchev–Trinajstić information content (AvgIpc) is 3.32. The maximum absolute atomic E-state index is 14.1. The topological polar surface area (TPSA) is 83.5 Å². The molecule has 29 heavy (non-hydrogen) atoms. The highest BCUT2D eigenvalue weighted by molar-refractivity contribution is 6.10. The number of methoxy groups -OCH3 is 3. The minimum atomic E-state index is -1.12. The molecule has 154 valence electrons. The Kier molecular flexibility index (Phi) is 3.60. The van der Waals surface area contributed by atoms with Gasteiger partial charge in [0, 0.05) is 11.0 Å². The molecule has 0 radical (unpaired) electrons. The Morgan fingerprint density at radius 3 is 2.59 bits per heavy atom. The Labute approximate surface area is 168 Å². The number of ether oxygens (including phenoxy) is 5. The summed E-state index contributed by atoms with van der Waals surface area (Å²) in [4.78, 5) is 14.1. The lowest BCUT2D eigenvalue weighted by molar-refractivity contribution is -0.130. The molecule has 4 atom stereocenters. The smallest absolute Gasteiger partial charge is 0.231 e. The second kappa shape index (κ2) is 5.69. The number of benzene rings is 1. The van der Waals surface area contributed by atoms with Gasteiger partial charge in [0.2, 0.25) is 24.1 Å². The number of carbonyl (C=O) groups excluding carboxylic acids is 1. The molecule has 1 spiro atoms. The molecule has 7 nitrogen and oxygen atoms in total. The van der Waals surface area contributed by atoms with Gasteiger partial charge in [-0.15, -0.1) is 0 Å². The zero-order chi connectivity index (χ0) is 20.7. The molecule has 1 aliphatic heterocycles. The summed E-state index contributed by atoms with van der Waals surface area (Å²) in [6, 6.07) is 1.78. The molecule has 0 amide bonds. The first-order valence-electron chi connectivity index (χ1n) is 9.64. The van der Waals surface area contributed by atoms with Crippen molar-refractivity contribution in [3.8, 4) is 17.2 Å². The van der Waals surface area contributed by atoms with Crippen LogP contribution in [-0.2, 0) is 19.7 Å². The summed E-state index contributed by atoms with van der Waals surface area (Å²) in [5.41, 5.74) is 0.259. The Morgan fingerprint density at radius 2 is 1.93 bits per heavy atom. The number of hydrogen-bond donors (Lipinski definition) is 1. The van der Waals surface area contributed by atoms with Gasteiger partial charge < -0.3 is 28.8 Å². The summed E-state index contributed by atoms with van der Waals surface area (Å²) in [6.07, 6.45) is 1.65. The number of carbonyl (C=O) groups is 1. The van der Waals surface area contributed by atoms with Crippen LogP contribution < -0.4 is 14.2 Å². The summed E-state index contributed by atoms with van der Waals surface area (Å²) in [6.45, 7) is 4.10. The fraction of sp³-hybridized carbons (Fsp3) is 0.500. The van der Waals surface area contributed by atoms with Crippen molar-refractivity contribution in [1.29, 1.82) is 0 Å². The Balaban J connectivity index is 1.91. The Hall–Kier alpha value is -2.67. The van der Waals surface area contributed by atoms with Crippen LogP contribution in [-0.4, -0.2) is 39.0 Å². The van der Waals surface area contributed by atoms with Gasteiger partial charge >= 0.3 is 0 Å². The molecular formula is C22H24O7. The van der Waals surface area contributed by atoms with Crippen LogP contribution in [0.5, 0.6) is 17.2 Å². The maximum Gasteiger partial charge on any atom is 0.231 e. The summed E-state index contributed by atoms with van der Waals surface area (Å²) < 4.78 is 28.0. The van der Waals surface area contributed by atoms with Crippen LogP contribution in [0.15, 0.2) is 29.2 Å². The van der Waals surface area contributed by atoms with E-state index in [1.165, 1.54) is 14.2 Å². The summed E-state index contributed by atoms with van der Waals surface area (Å²) >= 11 is 0. The maximum atomic E-state index is 14.1. The van der Waals surface area contributed by atoms with Crippen LogP contribution >= 0.6 is 0 Å². The van der Waals surface area contributed by atoms with Crippen molar-refractivity contribution in [3.05, 3.63) is 40.4 Å². The van der Waals surface area contributed by atoms with Crippen molar-refractivity contribution in [2.75, 3.05) is 28.1 Å². The predicted molar refractivity (Wildman–Crippen MR) is 102 cm³/mol. The normalized spacial score (nSPS) is 33.9. The van der Waals surface area contributed by atoms with Gasteiger partial charge in [0.05, 0.1) is 32.8 Å². The molecular weight excluding hydrogens is 376 g/mol. The summed E-state index contributed by atoms with van der Waals surface area (Å²) in [7, 11) is 4.52. The molecule has 4 aliphatic rings. The summed E-state index contributed by atoms with van der Waals surface area (Å²) in [5.74, 6) is 1.76. The third kappa shape index (κ3) is 1.77. The molecule has 0 unspecified atom stereocenters. The van der Waals surface area contributed by atoms with Crippen LogP contribution in [0.25, 0.3) is 0 Å². The zero-order valence-corrected chi connectivity index (χ0v) is 17.1. The highest BCUT2D eigenvalue weighted by Crippen LogP contribution is 2.74. The second-order valence-corrected chi connectivity index (χ2v) is 8.25. The third-order valence-corrected chi connectivity index (χ3v) is 7.43. The molecule has 1 saturated carbocycles. The van der Waals surface area contributed by atoms with E-state index in [1.807, 2.05) is 13.0 Å². The van der Waals surface area contributed by atoms with Gasteiger partial charge in [-0.25, -0.2) is 0 Å². The van der Waals surface area contributed by atoms with Crippen molar-refractivity contribution in [1.82, 2.24) is 0 Å². The Morgan fingerprint density at radius 1 is 1.17 bits per heavy atom. The van der Waals surface area contributed by atoms with Crippen LogP contribution in [0.4, 0.5) is 0 Å². The van der Waals surface area contributed by atoms with Gasteiger partial charge in [-0.1, -0.05) is 13.8 Å². The van der Waals surface area contributed by atoms with Gasteiger partial charge in [0.25, 0.3) is 0 Å². The lowest BCUT2D eigenvalue weighted by Gasteiger charge is -2.43. The van der Waals surface area contributed by atoms with E-state index in [2.05, 4.69) is 6.92 Å². The van der Waals surface area contributed by atoms with Crippen molar-refractivity contribution >= 4 is 5.78 Å². The van der Waals surface area contributed by atoms with Gasteiger partial charge in [0.15, 0.2) is 17.3 Å². The highest BCUT2D eigenvalue weighted by Gasteiger charge is 2.74. The van der Waals surface area contributed by atoms with Crippen LogP contribution in [0.3, 0.4) is 0 Å². The lowest BCUT2D eigenvalue weighted by Crippen LogP contribution is -2.50. The second-order valence-electron chi connectivity index (χ2n) is 8.25. The van der Waals surface area contributed by atoms with E-state index < -0.39 is 16.9 Å². The van der Waals surface area contributed by atoms with Gasteiger partial charge in [-0.05, 0) is 35.6 Å². The minimum absolute atomic E-state index is 0.0239. The molecule has 1 aromatic carbocycles. The molecule has 1 fully saturated rings. The SMILES string of the molecule is COC1=C(OC)C(=O)[C@@]23C(=C1)C[C@@H](C)[C@]2(C)[C@@H](O)c1cc2c(c(OC)c13)OCO2. The molecule has 0 aromatic heterocycles. The number of allylic oxidation sites excluding steroid dienone is 3. The number of aliphatic hydroxyl groups excluding tert-OH is 1. The minimum Gasteiger partial charge on any atom is -0.493 e. The van der Waals surface area contributed by atoms with E-state index in [1.54, 1.807) is 13.2 Å². The quantitative estimate of drug-likeness (QED) is 0.835. The van der Waals surface area contributed by atoms with Crippen LogP contribution in [0.2, 0.25) is 0 Å². The van der Waals surface area contributed by atoms with E-state index in [0.717, 1.165) is 5.57 Å². The van der Waals surface area contributed by atoms with Gasteiger partial charge in [-0.3, -0.25) is 4.79 Å². The number of ketones is 1. The average molecular weight is 400 g/mol. The largest absolute Gasteiger partial charge is 0.493 e. The number of hydrogen-bond acceptors (Lipinski definition) is 7. The molecule has 1 aromatic rings. The molecule has 0 saturated heterocycles. The van der Waals surface area contributed by atoms with Crippen molar-refractivity contribution in [3.63, 3.8) is 0 Å². The highest BCUT2D eigenvalue weighted by atomic mass is 16.7. The van der Waals surface area contributed by atoms with E-state index in [4.69, 9.17) is 23.7 Å².